The van der Waals surface area contributed by atoms with Crippen LogP contribution in [0.15, 0.2) is 24.5 Å². The van der Waals surface area contributed by atoms with E-state index in [1.807, 2.05) is 16.6 Å². The van der Waals surface area contributed by atoms with Crippen LogP contribution in [0.5, 0.6) is 0 Å². The van der Waals surface area contributed by atoms with Gasteiger partial charge in [-0.3, -0.25) is 0 Å². The average Bonchev–Trinajstić information content (AvgIpc) is 2.95. The van der Waals surface area contributed by atoms with Crippen LogP contribution in [0.25, 0.3) is 5.65 Å². The van der Waals surface area contributed by atoms with Gasteiger partial charge in [0.25, 0.3) is 10.2 Å². The summed E-state index contributed by atoms with van der Waals surface area (Å²) in [5.74, 6) is 0.309. The molecule has 0 saturated carbocycles. The normalized spacial score (nSPS) is 18.6. The Kier molecular flexibility index (Phi) is 3.68. The second kappa shape index (κ2) is 5.36. The molecule has 0 radical (unpaired) electrons. The molecule has 0 aliphatic carbocycles. The maximum atomic E-state index is 12.1. The molecule has 1 fully saturated rings. The summed E-state index contributed by atoms with van der Waals surface area (Å²) in [4.78, 5) is 4.26. The van der Waals surface area contributed by atoms with Crippen molar-refractivity contribution in [2.24, 2.45) is 0 Å². The quantitative estimate of drug-likeness (QED) is 0.837. The molecule has 0 amide bonds. The zero-order valence-corrected chi connectivity index (χ0v) is 13.0. The third-order valence-corrected chi connectivity index (χ3v) is 5.92. The molecule has 0 N–H and O–H groups in total. The van der Waals surface area contributed by atoms with Crippen LogP contribution >= 0.6 is 0 Å². The minimum absolute atomic E-state index is 0.309. The van der Waals surface area contributed by atoms with Crippen LogP contribution in [0.3, 0.4) is 0 Å². The summed E-state index contributed by atoms with van der Waals surface area (Å²) in [6.45, 7) is 1.08. The van der Waals surface area contributed by atoms with E-state index in [0.29, 0.717) is 19.0 Å². The number of fused-ring (bicyclic) bond motifs is 1. The lowest BCUT2D eigenvalue weighted by atomic mass is 9.94. The van der Waals surface area contributed by atoms with Crippen LogP contribution in [0, 0.1) is 0 Å². The molecule has 114 valence electrons. The molecule has 0 bridgehead atoms. The summed E-state index contributed by atoms with van der Waals surface area (Å²) in [5, 5.41) is 4.30. The summed E-state index contributed by atoms with van der Waals surface area (Å²) < 4.78 is 28.9. The molecule has 1 aliphatic heterocycles. The largest absolute Gasteiger partial charge is 0.281 e. The van der Waals surface area contributed by atoms with Crippen molar-refractivity contribution in [2.45, 2.75) is 18.8 Å². The Morgan fingerprint density at radius 3 is 2.57 bits per heavy atom. The summed E-state index contributed by atoms with van der Waals surface area (Å²) >= 11 is 0. The van der Waals surface area contributed by atoms with Gasteiger partial charge in [0, 0.05) is 51.1 Å². The van der Waals surface area contributed by atoms with Crippen molar-refractivity contribution >= 4 is 15.9 Å². The number of rotatable bonds is 3. The molecule has 1 saturated heterocycles. The predicted octanol–water partition coefficient (Wildman–Crippen LogP) is 0.715. The van der Waals surface area contributed by atoms with Gasteiger partial charge in [0.1, 0.15) is 0 Å². The molecule has 0 atom stereocenters. The van der Waals surface area contributed by atoms with Gasteiger partial charge >= 0.3 is 0 Å². The average molecular weight is 309 g/mol. The third-order valence-electron chi connectivity index (χ3n) is 3.98. The zero-order valence-electron chi connectivity index (χ0n) is 12.2. The van der Waals surface area contributed by atoms with E-state index < -0.39 is 10.2 Å². The first kappa shape index (κ1) is 14.4. The van der Waals surface area contributed by atoms with Crippen LogP contribution in [-0.4, -0.2) is 58.8 Å². The van der Waals surface area contributed by atoms with Crippen LogP contribution in [0.4, 0.5) is 0 Å². The van der Waals surface area contributed by atoms with Crippen molar-refractivity contribution < 1.29 is 8.42 Å². The molecule has 2 aromatic rings. The summed E-state index contributed by atoms with van der Waals surface area (Å²) in [6.07, 6.45) is 5.12. The highest BCUT2D eigenvalue weighted by atomic mass is 32.2. The van der Waals surface area contributed by atoms with E-state index in [1.54, 1.807) is 30.8 Å². The molecule has 3 rings (SSSR count). The fourth-order valence-corrected chi connectivity index (χ4v) is 3.91. The van der Waals surface area contributed by atoms with Crippen molar-refractivity contribution in [1.82, 2.24) is 23.2 Å². The smallest absolute Gasteiger partial charge is 0.237 e. The van der Waals surface area contributed by atoms with Gasteiger partial charge in [-0.2, -0.15) is 22.1 Å². The van der Waals surface area contributed by atoms with E-state index in [0.717, 1.165) is 24.2 Å². The molecule has 8 heteroatoms. The van der Waals surface area contributed by atoms with Gasteiger partial charge in [-0.15, -0.1) is 0 Å². The molecule has 0 spiro atoms. The topological polar surface area (TPSA) is 70.8 Å². The van der Waals surface area contributed by atoms with Crippen LogP contribution < -0.4 is 0 Å². The second-order valence-electron chi connectivity index (χ2n) is 5.43. The van der Waals surface area contributed by atoms with E-state index in [4.69, 9.17) is 0 Å². The van der Waals surface area contributed by atoms with Crippen molar-refractivity contribution in [3.8, 4) is 0 Å². The van der Waals surface area contributed by atoms with Gasteiger partial charge in [-0.05, 0) is 18.9 Å². The van der Waals surface area contributed by atoms with E-state index >= 15 is 0 Å². The molecule has 1 aliphatic rings. The Hall–Kier alpha value is -1.51. The van der Waals surface area contributed by atoms with Crippen molar-refractivity contribution in [3.63, 3.8) is 0 Å². The number of piperidine rings is 1. The van der Waals surface area contributed by atoms with Crippen molar-refractivity contribution in [2.75, 3.05) is 27.2 Å². The minimum Gasteiger partial charge on any atom is -0.237 e. The Morgan fingerprint density at radius 2 is 1.90 bits per heavy atom. The standard InChI is InChI=1S/C13H19N5O2S/c1-16(2)21(19,20)17-9-5-11(6-10-17)12-3-7-14-13-4-8-15-18(12)13/h3-4,7-8,11H,5-6,9-10H2,1-2H3. The SMILES string of the molecule is CN(C)S(=O)(=O)N1CCC(c2ccnc3ccnn23)CC1. The fraction of sp³-hybridized carbons (Fsp3) is 0.538. The van der Waals surface area contributed by atoms with Crippen molar-refractivity contribution in [1.29, 1.82) is 0 Å². The van der Waals surface area contributed by atoms with E-state index in [9.17, 15) is 8.42 Å². The highest BCUT2D eigenvalue weighted by Gasteiger charge is 2.30. The Morgan fingerprint density at radius 1 is 1.19 bits per heavy atom. The lowest BCUT2D eigenvalue weighted by Gasteiger charge is -2.32. The van der Waals surface area contributed by atoms with Gasteiger partial charge in [-0.1, -0.05) is 0 Å². The molecule has 0 aromatic carbocycles. The summed E-state index contributed by atoms with van der Waals surface area (Å²) in [5.41, 5.74) is 1.93. The minimum atomic E-state index is -3.31. The molecular formula is C13H19N5O2S. The second-order valence-corrected chi connectivity index (χ2v) is 7.58. The molecular weight excluding hydrogens is 290 g/mol. The maximum Gasteiger partial charge on any atom is 0.281 e. The van der Waals surface area contributed by atoms with Crippen molar-refractivity contribution in [3.05, 3.63) is 30.2 Å². The zero-order chi connectivity index (χ0) is 15.0. The molecule has 7 nitrogen and oxygen atoms in total. The highest BCUT2D eigenvalue weighted by Crippen LogP contribution is 2.29. The lowest BCUT2D eigenvalue weighted by Crippen LogP contribution is -2.44. The van der Waals surface area contributed by atoms with E-state index in [-0.39, 0.29) is 0 Å². The third kappa shape index (κ3) is 2.54. The lowest BCUT2D eigenvalue weighted by molar-refractivity contribution is 0.298. The van der Waals surface area contributed by atoms with E-state index in [1.165, 1.54) is 4.31 Å². The van der Waals surface area contributed by atoms with Crippen LogP contribution in [0.2, 0.25) is 0 Å². The van der Waals surface area contributed by atoms with Gasteiger partial charge < -0.3 is 0 Å². The first-order valence-electron chi connectivity index (χ1n) is 6.96. The van der Waals surface area contributed by atoms with Gasteiger partial charge in [-0.25, -0.2) is 9.50 Å². The summed E-state index contributed by atoms with van der Waals surface area (Å²) in [7, 11) is -0.171. The first-order valence-corrected chi connectivity index (χ1v) is 8.36. The molecule has 2 aromatic heterocycles. The van der Waals surface area contributed by atoms with E-state index in [2.05, 4.69) is 10.1 Å². The fourth-order valence-electron chi connectivity index (χ4n) is 2.78. The highest BCUT2D eigenvalue weighted by molar-refractivity contribution is 7.86. The van der Waals surface area contributed by atoms with Gasteiger partial charge in [0.05, 0.1) is 6.20 Å². The number of hydrogen-bond donors (Lipinski definition) is 0. The van der Waals surface area contributed by atoms with Crippen LogP contribution in [0.1, 0.15) is 24.5 Å². The molecule has 0 unspecified atom stereocenters. The molecule has 3 heterocycles. The number of nitrogens with zero attached hydrogens (tertiary/aromatic N) is 5. The Labute approximate surface area is 124 Å². The predicted molar refractivity (Wildman–Crippen MR) is 79.1 cm³/mol. The Bertz CT molecular complexity index is 732. The number of aromatic nitrogens is 3. The first-order chi connectivity index (χ1) is 10.00. The summed E-state index contributed by atoms with van der Waals surface area (Å²) in [6, 6.07) is 3.84. The molecule has 21 heavy (non-hydrogen) atoms. The van der Waals surface area contributed by atoms with Gasteiger partial charge in [0.2, 0.25) is 0 Å². The maximum absolute atomic E-state index is 12.1. The monoisotopic (exact) mass is 309 g/mol. The van der Waals surface area contributed by atoms with Gasteiger partial charge in [0.15, 0.2) is 5.65 Å². The number of hydrogen-bond acceptors (Lipinski definition) is 4. The van der Waals surface area contributed by atoms with Crippen LogP contribution in [-0.2, 0) is 10.2 Å². The Balaban J connectivity index is 1.79.